The Hall–Kier alpha value is -2.15. The van der Waals surface area contributed by atoms with E-state index in [1.807, 2.05) is 0 Å². The third-order valence-electron chi connectivity index (χ3n) is 2.66. The Morgan fingerprint density at radius 3 is 2.65 bits per heavy atom. The predicted octanol–water partition coefficient (Wildman–Crippen LogP) is 2.14. The molecule has 5 nitrogen and oxygen atoms in total. The van der Waals surface area contributed by atoms with Crippen molar-refractivity contribution in [3.05, 3.63) is 48.4 Å². The van der Waals surface area contributed by atoms with Crippen LogP contribution in [-0.4, -0.2) is 25.1 Å². The Balaban J connectivity index is 2.54. The second-order valence-electron chi connectivity index (χ2n) is 3.98. The first kappa shape index (κ1) is 14.3. The zero-order valence-corrected chi connectivity index (χ0v) is 11.5. The summed E-state index contributed by atoms with van der Waals surface area (Å²) in [6.07, 6.45) is 1.21. The molecule has 7 heteroatoms. The topological polar surface area (TPSA) is 70.5 Å². The number of hydrogen-bond donors (Lipinski definition) is 1. The normalized spacial score (nSPS) is 11.3. The lowest BCUT2D eigenvalue weighted by Gasteiger charge is -2.22. The van der Waals surface area contributed by atoms with Gasteiger partial charge in [0, 0.05) is 18.8 Å². The lowest BCUT2D eigenvalue weighted by molar-refractivity contribution is 0.475. The molecule has 0 unspecified atom stereocenters. The number of nitrogens with zero attached hydrogens (tertiary/aromatic N) is 2. The van der Waals surface area contributed by atoms with Crippen molar-refractivity contribution in [3.8, 4) is 5.75 Å². The number of phenols is 1. The maximum Gasteiger partial charge on any atom is 0.284 e. The van der Waals surface area contributed by atoms with Gasteiger partial charge in [-0.3, -0.25) is 4.31 Å². The highest BCUT2D eigenvalue weighted by atomic mass is 32.2. The lowest BCUT2D eigenvalue weighted by Crippen LogP contribution is -2.32. The summed E-state index contributed by atoms with van der Waals surface area (Å²) >= 11 is 0. The molecular formula is C13H13FN2O3S. The number of benzene rings is 1. The van der Waals surface area contributed by atoms with Gasteiger partial charge in [0.2, 0.25) is 5.03 Å². The fourth-order valence-corrected chi connectivity index (χ4v) is 3.25. The molecule has 0 saturated heterocycles. The monoisotopic (exact) mass is 296 g/mol. The molecule has 20 heavy (non-hydrogen) atoms. The van der Waals surface area contributed by atoms with Gasteiger partial charge in [-0.05, 0) is 31.2 Å². The number of rotatable bonds is 4. The van der Waals surface area contributed by atoms with Crippen molar-refractivity contribution in [1.29, 1.82) is 0 Å². The average Bonchev–Trinajstić information content (AvgIpc) is 2.39. The molecule has 0 aliphatic carbocycles. The smallest absolute Gasteiger partial charge is 0.284 e. The number of halogens is 1. The summed E-state index contributed by atoms with van der Waals surface area (Å²) in [6, 6.07) is 8.10. The summed E-state index contributed by atoms with van der Waals surface area (Å²) in [5.74, 6) is -0.983. The van der Waals surface area contributed by atoms with Crippen LogP contribution in [0.5, 0.6) is 5.75 Å². The molecule has 0 saturated carbocycles. The molecule has 1 aromatic heterocycles. The first-order valence-electron chi connectivity index (χ1n) is 5.89. The number of aromatic nitrogens is 1. The molecule has 0 amide bonds. The average molecular weight is 296 g/mol. The standard InChI is InChI=1S/C13H13FN2O3S/c1-2-16(10-5-3-6-11(17)9-10)20(18,19)13-12(14)7-4-8-15-13/h3-9,17H,2H2,1H3. The molecule has 0 bridgehead atoms. The number of anilines is 1. The molecule has 1 N–H and O–H groups in total. The van der Waals surface area contributed by atoms with Crippen molar-refractivity contribution < 1.29 is 17.9 Å². The second-order valence-corrected chi connectivity index (χ2v) is 5.76. The van der Waals surface area contributed by atoms with E-state index in [2.05, 4.69) is 4.98 Å². The molecule has 0 radical (unpaired) electrons. The SMILES string of the molecule is CCN(c1cccc(O)c1)S(=O)(=O)c1ncccc1F. The van der Waals surface area contributed by atoms with E-state index in [-0.39, 0.29) is 18.0 Å². The summed E-state index contributed by atoms with van der Waals surface area (Å²) < 4.78 is 39.5. The highest BCUT2D eigenvalue weighted by molar-refractivity contribution is 7.92. The molecule has 1 heterocycles. The molecule has 0 spiro atoms. The fourth-order valence-electron chi connectivity index (χ4n) is 1.80. The number of sulfonamides is 1. The van der Waals surface area contributed by atoms with Crippen LogP contribution in [0.15, 0.2) is 47.6 Å². The molecule has 106 valence electrons. The Labute approximate surface area is 116 Å². The highest BCUT2D eigenvalue weighted by Crippen LogP contribution is 2.26. The largest absolute Gasteiger partial charge is 0.508 e. The predicted molar refractivity (Wildman–Crippen MR) is 72.5 cm³/mol. The van der Waals surface area contributed by atoms with Gasteiger partial charge in [0.05, 0.1) is 5.69 Å². The van der Waals surface area contributed by atoms with Crippen molar-refractivity contribution in [2.45, 2.75) is 11.9 Å². The van der Waals surface area contributed by atoms with Gasteiger partial charge in [-0.15, -0.1) is 0 Å². The molecule has 1 aromatic carbocycles. The summed E-state index contributed by atoms with van der Waals surface area (Å²) in [4.78, 5) is 3.60. The maximum atomic E-state index is 13.7. The van der Waals surface area contributed by atoms with Gasteiger partial charge in [0.25, 0.3) is 10.0 Å². The van der Waals surface area contributed by atoms with Crippen molar-refractivity contribution in [2.24, 2.45) is 0 Å². The zero-order valence-electron chi connectivity index (χ0n) is 10.7. The van der Waals surface area contributed by atoms with Gasteiger partial charge in [-0.25, -0.2) is 9.37 Å². The van der Waals surface area contributed by atoms with E-state index in [0.29, 0.717) is 0 Å². The number of aromatic hydroxyl groups is 1. The van der Waals surface area contributed by atoms with E-state index in [9.17, 15) is 17.9 Å². The maximum absolute atomic E-state index is 13.7. The van der Waals surface area contributed by atoms with Crippen molar-refractivity contribution in [1.82, 2.24) is 4.98 Å². The third kappa shape index (κ3) is 2.57. The van der Waals surface area contributed by atoms with Gasteiger partial charge in [0.15, 0.2) is 5.82 Å². The van der Waals surface area contributed by atoms with Gasteiger partial charge in [-0.1, -0.05) is 6.07 Å². The zero-order chi connectivity index (χ0) is 14.8. The van der Waals surface area contributed by atoms with Crippen molar-refractivity contribution >= 4 is 15.7 Å². The van der Waals surface area contributed by atoms with E-state index in [1.165, 1.54) is 36.5 Å². The first-order valence-corrected chi connectivity index (χ1v) is 7.33. The summed E-state index contributed by atoms with van der Waals surface area (Å²) in [5, 5.41) is 8.80. The Bertz CT molecular complexity index is 719. The van der Waals surface area contributed by atoms with Crippen molar-refractivity contribution in [3.63, 3.8) is 0 Å². The van der Waals surface area contributed by atoms with E-state index >= 15 is 0 Å². The van der Waals surface area contributed by atoms with Crippen LogP contribution >= 0.6 is 0 Å². The van der Waals surface area contributed by atoms with Gasteiger partial charge in [0.1, 0.15) is 5.75 Å². The van der Waals surface area contributed by atoms with Gasteiger partial charge in [-0.2, -0.15) is 8.42 Å². The summed E-state index contributed by atoms with van der Waals surface area (Å²) in [5.41, 5.74) is 0.248. The number of phenolic OH excluding ortho intramolecular Hbond substituents is 1. The van der Waals surface area contributed by atoms with Crippen LogP contribution in [0.2, 0.25) is 0 Å². The van der Waals surface area contributed by atoms with E-state index in [1.54, 1.807) is 6.92 Å². The molecule has 0 aliphatic rings. The van der Waals surface area contributed by atoms with E-state index < -0.39 is 20.9 Å². The second kappa shape index (κ2) is 5.46. The Morgan fingerprint density at radius 2 is 2.05 bits per heavy atom. The van der Waals surface area contributed by atoms with E-state index in [0.717, 1.165) is 10.4 Å². The molecular weight excluding hydrogens is 283 g/mol. The van der Waals surface area contributed by atoms with Crippen LogP contribution in [-0.2, 0) is 10.0 Å². The Morgan fingerprint density at radius 1 is 1.30 bits per heavy atom. The van der Waals surface area contributed by atoms with Gasteiger partial charge >= 0.3 is 0 Å². The summed E-state index contributed by atoms with van der Waals surface area (Å²) in [6.45, 7) is 1.70. The lowest BCUT2D eigenvalue weighted by atomic mass is 10.3. The van der Waals surface area contributed by atoms with E-state index in [4.69, 9.17) is 0 Å². The fraction of sp³-hybridized carbons (Fsp3) is 0.154. The van der Waals surface area contributed by atoms with Crippen LogP contribution in [0.25, 0.3) is 0 Å². The van der Waals surface area contributed by atoms with Crippen LogP contribution in [0.4, 0.5) is 10.1 Å². The molecule has 0 atom stereocenters. The first-order chi connectivity index (χ1) is 9.46. The molecule has 0 fully saturated rings. The van der Waals surface area contributed by atoms with Crippen LogP contribution < -0.4 is 4.31 Å². The van der Waals surface area contributed by atoms with Crippen LogP contribution in [0.3, 0.4) is 0 Å². The summed E-state index contributed by atoms with van der Waals surface area (Å²) in [7, 11) is -4.12. The minimum atomic E-state index is -4.12. The molecule has 2 rings (SSSR count). The minimum absolute atomic E-state index is 0.0716. The number of pyridine rings is 1. The highest BCUT2D eigenvalue weighted by Gasteiger charge is 2.28. The third-order valence-corrected chi connectivity index (χ3v) is 4.50. The Kier molecular flexibility index (Phi) is 3.89. The van der Waals surface area contributed by atoms with Crippen LogP contribution in [0.1, 0.15) is 6.92 Å². The molecule has 2 aromatic rings. The van der Waals surface area contributed by atoms with Crippen LogP contribution in [0, 0.1) is 5.82 Å². The quantitative estimate of drug-likeness (QED) is 0.938. The molecule has 0 aliphatic heterocycles. The minimum Gasteiger partial charge on any atom is -0.508 e. The number of hydrogen-bond acceptors (Lipinski definition) is 4. The van der Waals surface area contributed by atoms with Gasteiger partial charge < -0.3 is 5.11 Å². The van der Waals surface area contributed by atoms with Crippen molar-refractivity contribution in [2.75, 3.05) is 10.8 Å².